The number of pyridine rings is 1. The van der Waals surface area contributed by atoms with Crippen LogP contribution in [0.2, 0.25) is 0 Å². The van der Waals surface area contributed by atoms with Gasteiger partial charge < -0.3 is 15.1 Å². The van der Waals surface area contributed by atoms with Crippen LogP contribution in [0.4, 0.5) is 15.2 Å². The fraction of sp³-hybridized carbons (Fsp3) is 0.231. The fourth-order valence-corrected chi connectivity index (χ4v) is 5.70. The number of aromatic nitrogens is 2. The van der Waals surface area contributed by atoms with Crippen LogP contribution < -0.4 is 26.3 Å². The molecule has 0 unspecified atom stereocenters. The summed E-state index contributed by atoms with van der Waals surface area (Å²) in [7, 11) is 0. The molecule has 6 rings (SSSR count). The molecule has 2 amide bonds. The Morgan fingerprint density at radius 3 is 2.61 bits per heavy atom. The van der Waals surface area contributed by atoms with Gasteiger partial charge in [-0.25, -0.2) is 24.5 Å². The first kappa shape index (κ1) is 24.2. The molecule has 4 heterocycles. The van der Waals surface area contributed by atoms with Gasteiger partial charge in [0.15, 0.2) is 0 Å². The van der Waals surface area contributed by atoms with E-state index in [2.05, 4.69) is 15.7 Å². The number of benzene rings is 2. The lowest BCUT2D eigenvalue weighted by atomic mass is 9.96. The highest BCUT2D eigenvalue weighted by Gasteiger charge is 2.40. The van der Waals surface area contributed by atoms with Crippen molar-refractivity contribution < 1.29 is 18.7 Å². The van der Waals surface area contributed by atoms with Crippen LogP contribution in [0, 0.1) is 12.7 Å². The van der Waals surface area contributed by atoms with Crippen molar-refractivity contribution in [1.29, 1.82) is 0 Å². The van der Waals surface area contributed by atoms with Gasteiger partial charge in [0.25, 0.3) is 11.5 Å². The van der Waals surface area contributed by atoms with E-state index < -0.39 is 23.7 Å². The fourth-order valence-electron chi connectivity index (χ4n) is 4.77. The molecule has 194 valence electrons. The highest BCUT2D eigenvalue weighted by atomic mass is 32.1. The molecule has 2 aliphatic heterocycles. The Morgan fingerprint density at radius 1 is 1.13 bits per heavy atom. The zero-order valence-corrected chi connectivity index (χ0v) is 21.1. The third-order valence-corrected chi connectivity index (χ3v) is 7.58. The number of hydrogen-bond donors (Lipinski definition) is 2. The highest BCUT2D eigenvalue weighted by molar-refractivity contribution is 7.22. The SMILES string of the molecule is Cc1c2c(cc(=O)n1N1CCOCC1)[C@H](C(=O)Nc1ccc(F)cc1)NN(c1nc3ccccc3s1)C2=O. The third kappa shape index (κ3) is 4.22. The van der Waals surface area contributed by atoms with Crippen LogP contribution in [-0.4, -0.2) is 47.8 Å². The second-order valence-corrected chi connectivity index (χ2v) is 9.95. The van der Waals surface area contributed by atoms with Crippen LogP contribution in [0.5, 0.6) is 0 Å². The lowest BCUT2D eigenvalue weighted by molar-refractivity contribution is -0.118. The average molecular weight is 535 g/mol. The summed E-state index contributed by atoms with van der Waals surface area (Å²) in [5.74, 6) is -1.38. The van der Waals surface area contributed by atoms with Crippen molar-refractivity contribution in [2.24, 2.45) is 0 Å². The zero-order chi connectivity index (χ0) is 26.4. The molecule has 2 aliphatic rings. The van der Waals surface area contributed by atoms with E-state index in [1.165, 1.54) is 51.4 Å². The van der Waals surface area contributed by atoms with E-state index in [0.29, 0.717) is 42.8 Å². The van der Waals surface area contributed by atoms with Crippen molar-refractivity contribution in [3.63, 3.8) is 0 Å². The normalized spacial score (nSPS) is 17.5. The molecule has 2 aromatic carbocycles. The van der Waals surface area contributed by atoms with Crippen molar-refractivity contribution in [2.45, 2.75) is 13.0 Å². The number of rotatable bonds is 4. The first-order chi connectivity index (χ1) is 18.4. The molecule has 1 atom stereocenters. The summed E-state index contributed by atoms with van der Waals surface area (Å²) >= 11 is 1.31. The molecule has 10 nitrogen and oxygen atoms in total. The van der Waals surface area contributed by atoms with E-state index in [4.69, 9.17) is 4.74 Å². The minimum absolute atomic E-state index is 0.244. The number of hydrazine groups is 1. The number of amides is 2. The number of nitrogens with one attached hydrogen (secondary N) is 2. The standard InChI is InChI=1S/C26H23FN6O4S/c1-15-22-18(14-21(34)33(15)31-10-12-37-13-11-31)23(24(35)28-17-8-6-16(27)7-9-17)30-32(25(22)36)26-29-19-4-2-3-5-20(19)38-26/h2-9,14,23,30H,10-13H2,1H3,(H,28,35)/t23-/m1/s1. The maximum absolute atomic E-state index is 13.9. The largest absolute Gasteiger partial charge is 0.378 e. The number of fused-ring (bicyclic) bond motifs is 2. The van der Waals surface area contributed by atoms with Gasteiger partial charge in [-0.1, -0.05) is 23.5 Å². The summed E-state index contributed by atoms with van der Waals surface area (Å²) in [6, 6.07) is 13.1. The van der Waals surface area contributed by atoms with Crippen molar-refractivity contribution in [1.82, 2.24) is 15.1 Å². The Kier molecular flexibility index (Phi) is 6.14. The number of thiazole rings is 1. The lowest BCUT2D eigenvalue weighted by Crippen LogP contribution is -2.56. The molecular formula is C26H23FN6O4S. The molecule has 2 aromatic heterocycles. The predicted molar refractivity (Wildman–Crippen MR) is 142 cm³/mol. The molecule has 2 N–H and O–H groups in total. The van der Waals surface area contributed by atoms with Crippen molar-refractivity contribution in [3.8, 4) is 0 Å². The quantitative estimate of drug-likeness (QED) is 0.415. The molecule has 0 aliphatic carbocycles. The molecule has 12 heteroatoms. The Balaban J connectivity index is 1.46. The molecule has 1 saturated heterocycles. The van der Waals surface area contributed by atoms with Gasteiger partial charge in [0.1, 0.15) is 11.9 Å². The first-order valence-corrected chi connectivity index (χ1v) is 12.8. The number of halogens is 1. The van der Waals surface area contributed by atoms with Gasteiger partial charge in [-0.3, -0.25) is 14.4 Å². The zero-order valence-electron chi connectivity index (χ0n) is 20.3. The lowest BCUT2D eigenvalue weighted by Gasteiger charge is -2.37. The van der Waals surface area contributed by atoms with Gasteiger partial charge in [-0.15, -0.1) is 0 Å². The maximum Gasteiger partial charge on any atom is 0.276 e. The van der Waals surface area contributed by atoms with Crippen molar-refractivity contribution in [3.05, 3.63) is 87.6 Å². The predicted octanol–water partition coefficient (Wildman–Crippen LogP) is 2.72. The van der Waals surface area contributed by atoms with Crippen LogP contribution in [0.25, 0.3) is 10.2 Å². The number of carbonyl (C=O) groups is 2. The smallest absolute Gasteiger partial charge is 0.276 e. The molecule has 4 aromatic rings. The minimum Gasteiger partial charge on any atom is -0.378 e. The van der Waals surface area contributed by atoms with E-state index in [9.17, 15) is 18.8 Å². The minimum atomic E-state index is -1.09. The van der Waals surface area contributed by atoms with E-state index in [1.54, 1.807) is 6.92 Å². The molecule has 1 fully saturated rings. The molecule has 38 heavy (non-hydrogen) atoms. The third-order valence-electron chi connectivity index (χ3n) is 6.56. The van der Waals surface area contributed by atoms with E-state index in [0.717, 1.165) is 10.2 Å². The highest BCUT2D eigenvalue weighted by Crippen LogP contribution is 2.34. The Hall–Kier alpha value is -4.13. The molecule has 0 saturated carbocycles. The second-order valence-electron chi connectivity index (χ2n) is 8.94. The monoisotopic (exact) mass is 534 g/mol. The Morgan fingerprint density at radius 2 is 1.87 bits per heavy atom. The van der Waals surface area contributed by atoms with Gasteiger partial charge in [-0.2, -0.15) is 0 Å². The summed E-state index contributed by atoms with van der Waals surface area (Å²) in [5.41, 5.74) is 4.65. The number of ether oxygens (including phenoxy) is 1. The Bertz CT molecular complexity index is 1580. The Labute approximate surface area is 220 Å². The summed E-state index contributed by atoms with van der Waals surface area (Å²) in [6.45, 7) is 3.59. The van der Waals surface area contributed by atoms with Crippen LogP contribution in [0.1, 0.15) is 27.7 Å². The molecule has 0 radical (unpaired) electrons. The summed E-state index contributed by atoms with van der Waals surface area (Å²) in [6.07, 6.45) is 0. The molecule has 0 bridgehead atoms. The van der Waals surface area contributed by atoms with Crippen LogP contribution in [0.15, 0.2) is 59.4 Å². The number of para-hydroxylation sites is 1. The number of carbonyl (C=O) groups excluding carboxylic acids is 2. The summed E-state index contributed by atoms with van der Waals surface area (Å²) in [5, 5.41) is 6.22. The first-order valence-electron chi connectivity index (χ1n) is 12.0. The van der Waals surface area contributed by atoms with Gasteiger partial charge >= 0.3 is 0 Å². The van der Waals surface area contributed by atoms with Crippen LogP contribution in [-0.2, 0) is 9.53 Å². The summed E-state index contributed by atoms with van der Waals surface area (Å²) in [4.78, 5) is 45.3. The molecule has 0 spiro atoms. The number of nitrogens with zero attached hydrogens (tertiary/aromatic N) is 4. The van der Waals surface area contributed by atoms with Gasteiger partial charge in [-0.05, 0) is 43.3 Å². The van der Waals surface area contributed by atoms with Crippen LogP contribution in [0.3, 0.4) is 0 Å². The topological polar surface area (TPSA) is 109 Å². The number of morpholine rings is 1. The number of hydrogen-bond acceptors (Lipinski definition) is 8. The van der Waals surface area contributed by atoms with E-state index in [-0.39, 0.29) is 16.7 Å². The van der Waals surface area contributed by atoms with Crippen molar-refractivity contribution >= 4 is 44.2 Å². The van der Waals surface area contributed by atoms with Gasteiger partial charge in [0, 0.05) is 17.3 Å². The number of anilines is 2. The summed E-state index contributed by atoms with van der Waals surface area (Å²) < 4.78 is 21.2. The van der Waals surface area contributed by atoms with E-state index in [1.807, 2.05) is 29.3 Å². The van der Waals surface area contributed by atoms with Crippen LogP contribution >= 0.6 is 11.3 Å². The van der Waals surface area contributed by atoms with Crippen molar-refractivity contribution in [2.75, 3.05) is 41.6 Å². The van der Waals surface area contributed by atoms with E-state index >= 15 is 0 Å². The maximum atomic E-state index is 13.9. The average Bonchev–Trinajstić information content (AvgIpc) is 3.34. The van der Waals surface area contributed by atoms with Gasteiger partial charge in [0.05, 0.1) is 47.8 Å². The molecular weight excluding hydrogens is 511 g/mol. The van der Waals surface area contributed by atoms with Gasteiger partial charge in [0.2, 0.25) is 11.0 Å². The second kappa shape index (κ2) is 9.63.